The summed E-state index contributed by atoms with van der Waals surface area (Å²) in [5.74, 6) is 0.230. The Morgan fingerprint density at radius 1 is 1.65 bits per heavy atom. The van der Waals surface area contributed by atoms with Crippen molar-refractivity contribution in [3.05, 3.63) is 16.1 Å². The van der Waals surface area contributed by atoms with Crippen LogP contribution in [0.3, 0.4) is 0 Å². The van der Waals surface area contributed by atoms with Gasteiger partial charge in [0.25, 0.3) is 0 Å². The van der Waals surface area contributed by atoms with Gasteiger partial charge in [0.2, 0.25) is 0 Å². The Morgan fingerprint density at radius 3 is 3.12 bits per heavy atom. The lowest BCUT2D eigenvalue weighted by Crippen LogP contribution is -2.39. The molecule has 0 radical (unpaired) electrons. The first-order valence-corrected chi connectivity index (χ1v) is 6.88. The molecular weight excluding hydrogens is 236 g/mol. The minimum Gasteiger partial charge on any atom is -0.393 e. The van der Waals surface area contributed by atoms with E-state index in [4.69, 9.17) is 4.74 Å². The first-order valence-electron chi connectivity index (χ1n) is 6.00. The van der Waals surface area contributed by atoms with Crippen LogP contribution >= 0.6 is 11.3 Å². The molecule has 2 unspecified atom stereocenters. The zero-order valence-electron chi connectivity index (χ0n) is 10.4. The van der Waals surface area contributed by atoms with Crippen LogP contribution in [0.2, 0.25) is 0 Å². The third-order valence-corrected chi connectivity index (χ3v) is 3.90. The molecule has 1 saturated heterocycles. The van der Waals surface area contributed by atoms with Crippen LogP contribution in [0, 0.1) is 12.8 Å². The minimum absolute atomic E-state index is 0.219. The third kappa shape index (κ3) is 3.74. The van der Waals surface area contributed by atoms with Gasteiger partial charge in [-0.3, -0.25) is 0 Å². The van der Waals surface area contributed by atoms with Gasteiger partial charge in [0, 0.05) is 31.0 Å². The van der Waals surface area contributed by atoms with E-state index in [1.54, 1.807) is 11.3 Å². The molecule has 0 aromatic carbocycles. The molecule has 2 atom stereocenters. The van der Waals surface area contributed by atoms with Crippen molar-refractivity contribution in [1.82, 2.24) is 9.88 Å². The molecule has 0 aliphatic carbocycles. The van der Waals surface area contributed by atoms with Crippen molar-refractivity contribution in [2.45, 2.75) is 26.0 Å². The molecule has 0 saturated carbocycles. The van der Waals surface area contributed by atoms with Crippen molar-refractivity contribution in [1.29, 1.82) is 0 Å². The van der Waals surface area contributed by atoms with Crippen molar-refractivity contribution in [2.24, 2.45) is 5.92 Å². The number of aryl methyl sites for hydroxylation is 1. The van der Waals surface area contributed by atoms with Crippen LogP contribution < -0.4 is 0 Å². The molecule has 1 fully saturated rings. The number of nitrogens with zero attached hydrogens (tertiary/aromatic N) is 2. The Morgan fingerprint density at radius 2 is 2.47 bits per heavy atom. The molecule has 0 amide bonds. The van der Waals surface area contributed by atoms with E-state index in [0.29, 0.717) is 13.2 Å². The number of rotatable bonds is 4. The van der Waals surface area contributed by atoms with Gasteiger partial charge >= 0.3 is 0 Å². The van der Waals surface area contributed by atoms with Gasteiger partial charge in [-0.1, -0.05) is 0 Å². The number of aliphatic hydroxyl groups excluding tert-OH is 1. The zero-order valence-corrected chi connectivity index (χ0v) is 11.2. The molecule has 1 aromatic heterocycles. The number of hydrogen-bond donors (Lipinski definition) is 1. The number of ether oxygens (including phenoxy) is 1. The number of aliphatic hydroxyl groups is 1. The molecule has 17 heavy (non-hydrogen) atoms. The molecule has 1 aliphatic rings. The summed E-state index contributed by atoms with van der Waals surface area (Å²) in [7, 11) is 2.07. The maximum atomic E-state index is 9.87. The predicted octanol–water partition coefficient (Wildman–Crippen LogP) is 1.28. The normalized spacial score (nSPS) is 25.4. The molecule has 5 heteroatoms. The summed E-state index contributed by atoms with van der Waals surface area (Å²) in [5.41, 5.74) is 1.11. The van der Waals surface area contributed by atoms with Gasteiger partial charge in [-0.15, -0.1) is 11.3 Å². The predicted molar refractivity (Wildman–Crippen MR) is 68.1 cm³/mol. The second-order valence-corrected chi connectivity index (χ2v) is 5.81. The van der Waals surface area contributed by atoms with Crippen molar-refractivity contribution in [3.8, 4) is 0 Å². The molecule has 1 N–H and O–H groups in total. The molecule has 2 heterocycles. The van der Waals surface area contributed by atoms with E-state index in [2.05, 4.69) is 22.3 Å². The second kappa shape index (κ2) is 5.91. The molecular formula is C12H20N2O2S. The summed E-state index contributed by atoms with van der Waals surface area (Å²) in [6, 6.07) is 0. The maximum absolute atomic E-state index is 9.87. The van der Waals surface area contributed by atoms with Crippen LogP contribution in [-0.2, 0) is 11.3 Å². The molecule has 1 aromatic rings. The number of aromatic nitrogens is 1. The number of thiazole rings is 1. The van der Waals surface area contributed by atoms with E-state index in [9.17, 15) is 5.11 Å². The van der Waals surface area contributed by atoms with Crippen molar-refractivity contribution >= 4 is 11.3 Å². The van der Waals surface area contributed by atoms with Crippen LogP contribution in [0.5, 0.6) is 0 Å². The van der Waals surface area contributed by atoms with E-state index >= 15 is 0 Å². The van der Waals surface area contributed by atoms with E-state index < -0.39 is 0 Å². The average molecular weight is 256 g/mol. The SMILES string of the molecule is Cc1nc(CN(C)CC2COCCC2O)cs1. The van der Waals surface area contributed by atoms with E-state index in [1.165, 1.54) is 0 Å². The van der Waals surface area contributed by atoms with E-state index in [0.717, 1.165) is 30.2 Å². The Hall–Kier alpha value is -0.490. The summed E-state index contributed by atoms with van der Waals surface area (Å²) in [6.07, 6.45) is 0.539. The smallest absolute Gasteiger partial charge is 0.0897 e. The monoisotopic (exact) mass is 256 g/mol. The van der Waals surface area contributed by atoms with E-state index in [1.807, 2.05) is 6.92 Å². The van der Waals surface area contributed by atoms with Crippen LogP contribution in [0.15, 0.2) is 5.38 Å². The fraction of sp³-hybridized carbons (Fsp3) is 0.750. The molecule has 96 valence electrons. The molecule has 0 spiro atoms. The van der Waals surface area contributed by atoms with Gasteiger partial charge in [0.15, 0.2) is 0 Å². The lowest BCUT2D eigenvalue weighted by molar-refractivity contribution is -0.0451. The van der Waals surface area contributed by atoms with Gasteiger partial charge in [0.05, 0.1) is 23.4 Å². The minimum atomic E-state index is -0.219. The fourth-order valence-electron chi connectivity index (χ4n) is 2.18. The van der Waals surface area contributed by atoms with Crippen molar-refractivity contribution in [2.75, 3.05) is 26.8 Å². The highest BCUT2D eigenvalue weighted by atomic mass is 32.1. The van der Waals surface area contributed by atoms with Gasteiger partial charge in [-0.2, -0.15) is 0 Å². The summed E-state index contributed by atoms with van der Waals surface area (Å²) in [5, 5.41) is 13.1. The maximum Gasteiger partial charge on any atom is 0.0897 e. The lowest BCUT2D eigenvalue weighted by atomic mass is 9.98. The molecule has 2 rings (SSSR count). The van der Waals surface area contributed by atoms with E-state index in [-0.39, 0.29) is 12.0 Å². The van der Waals surface area contributed by atoms with Crippen LogP contribution in [0.4, 0.5) is 0 Å². The highest BCUT2D eigenvalue weighted by Crippen LogP contribution is 2.17. The molecule has 4 nitrogen and oxygen atoms in total. The summed E-state index contributed by atoms with van der Waals surface area (Å²) >= 11 is 1.68. The van der Waals surface area contributed by atoms with Gasteiger partial charge in [-0.25, -0.2) is 4.98 Å². The number of hydrogen-bond acceptors (Lipinski definition) is 5. The van der Waals surface area contributed by atoms with Gasteiger partial charge in [0.1, 0.15) is 0 Å². The standard InChI is InChI=1S/C12H20N2O2S/c1-9-13-11(8-17-9)6-14(2)5-10-7-16-4-3-12(10)15/h8,10,12,15H,3-7H2,1-2H3. The largest absolute Gasteiger partial charge is 0.393 e. The summed E-state index contributed by atoms with van der Waals surface area (Å²) in [6.45, 7) is 5.08. The molecule has 1 aliphatic heterocycles. The van der Waals surface area contributed by atoms with Gasteiger partial charge < -0.3 is 14.7 Å². The second-order valence-electron chi connectivity index (χ2n) is 4.75. The Kier molecular flexibility index (Phi) is 4.50. The van der Waals surface area contributed by atoms with Crippen LogP contribution in [0.25, 0.3) is 0 Å². The summed E-state index contributed by atoms with van der Waals surface area (Å²) in [4.78, 5) is 6.65. The first kappa shape index (κ1) is 13.0. The first-order chi connectivity index (χ1) is 8.15. The van der Waals surface area contributed by atoms with Crippen LogP contribution in [0.1, 0.15) is 17.1 Å². The molecule has 0 bridgehead atoms. The van der Waals surface area contributed by atoms with Crippen molar-refractivity contribution < 1.29 is 9.84 Å². The third-order valence-electron chi connectivity index (χ3n) is 3.08. The average Bonchev–Trinajstić information content (AvgIpc) is 2.67. The van der Waals surface area contributed by atoms with Gasteiger partial charge in [-0.05, 0) is 20.4 Å². The quantitative estimate of drug-likeness (QED) is 0.881. The topological polar surface area (TPSA) is 45.6 Å². The Bertz CT molecular complexity index is 356. The zero-order chi connectivity index (χ0) is 12.3. The summed E-state index contributed by atoms with van der Waals surface area (Å²) < 4.78 is 5.41. The highest BCUT2D eigenvalue weighted by molar-refractivity contribution is 7.09. The fourth-order valence-corrected chi connectivity index (χ4v) is 2.79. The Labute approximate surface area is 106 Å². The lowest BCUT2D eigenvalue weighted by Gasteiger charge is -2.30. The van der Waals surface area contributed by atoms with Crippen LogP contribution in [-0.4, -0.2) is 47.9 Å². The Balaban J connectivity index is 1.82. The van der Waals surface area contributed by atoms with Crippen molar-refractivity contribution in [3.63, 3.8) is 0 Å². The highest BCUT2D eigenvalue weighted by Gasteiger charge is 2.24.